The number of aryl methyl sites for hydroxylation is 1. The number of amides is 1. The minimum atomic E-state index is -0.614. The molecule has 0 radical (unpaired) electrons. The van der Waals surface area contributed by atoms with Crippen LogP contribution >= 0.6 is 0 Å². The molecule has 2 saturated carbocycles. The van der Waals surface area contributed by atoms with E-state index < -0.39 is 5.60 Å². The van der Waals surface area contributed by atoms with E-state index in [4.69, 9.17) is 9.47 Å². The number of piperidine rings is 1. The van der Waals surface area contributed by atoms with Crippen LogP contribution in [0.25, 0.3) is 0 Å². The Morgan fingerprint density at radius 1 is 1.00 bits per heavy atom. The van der Waals surface area contributed by atoms with Crippen LogP contribution in [0, 0.1) is 5.92 Å². The van der Waals surface area contributed by atoms with Crippen LogP contribution in [-0.4, -0.2) is 55.2 Å². The molecule has 6 heteroatoms. The summed E-state index contributed by atoms with van der Waals surface area (Å²) in [7, 11) is 1.69. The van der Waals surface area contributed by atoms with E-state index >= 15 is 0 Å². The van der Waals surface area contributed by atoms with Crippen LogP contribution < -0.4 is 10.1 Å². The molecule has 2 aromatic rings. The number of ether oxygens (including phenoxy) is 2. The summed E-state index contributed by atoms with van der Waals surface area (Å²) in [6.07, 6.45) is 10.5. The molecule has 40 heavy (non-hydrogen) atoms. The predicted octanol–water partition coefficient (Wildman–Crippen LogP) is 5.82. The van der Waals surface area contributed by atoms with Gasteiger partial charge in [0.1, 0.15) is 11.4 Å². The molecular weight excluding hydrogens is 500 g/mol. The van der Waals surface area contributed by atoms with Gasteiger partial charge in [-0.3, -0.25) is 14.5 Å². The van der Waals surface area contributed by atoms with E-state index in [2.05, 4.69) is 46.6 Å². The van der Waals surface area contributed by atoms with Crippen molar-refractivity contribution >= 4 is 11.9 Å². The van der Waals surface area contributed by atoms with Gasteiger partial charge >= 0.3 is 5.97 Å². The first-order valence-corrected chi connectivity index (χ1v) is 15.3. The second-order valence-corrected chi connectivity index (χ2v) is 12.4. The summed E-state index contributed by atoms with van der Waals surface area (Å²) in [4.78, 5) is 28.2. The number of likely N-dealkylation sites (tertiary alicyclic amines) is 1. The van der Waals surface area contributed by atoms with Crippen molar-refractivity contribution in [3.8, 4) is 5.75 Å². The van der Waals surface area contributed by atoms with Crippen LogP contribution in [0.2, 0.25) is 0 Å². The number of fused-ring (bicyclic) bond motifs is 1. The molecule has 0 bridgehead atoms. The Kier molecular flexibility index (Phi) is 9.14. The smallest absolute Gasteiger partial charge is 0.303 e. The molecule has 5 rings (SSSR count). The SMILES string of the molecule is COc1cccc([C@@]23CCN(CC4CC4)C[C@@]2(OC(C)=O)CC[C@H](NC(=O)CCCCCc2ccccc2)C3)c1. The minimum Gasteiger partial charge on any atom is -0.497 e. The van der Waals surface area contributed by atoms with Gasteiger partial charge in [-0.1, -0.05) is 48.9 Å². The third-order valence-electron chi connectivity index (χ3n) is 9.45. The average Bonchev–Trinajstić information content (AvgIpc) is 3.77. The highest BCUT2D eigenvalue weighted by Gasteiger charge is 2.61. The van der Waals surface area contributed by atoms with Crippen LogP contribution in [0.4, 0.5) is 0 Å². The Balaban J connectivity index is 1.28. The van der Waals surface area contributed by atoms with Crippen LogP contribution in [0.15, 0.2) is 54.6 Å². The van der Waals surface area contributed by atoms with Gasteiger partial charge in [-0.25, -0.2) is 0 Å². The molecule has 3 aliphatic rings. The maximum atomic E-state index is 13.1. The number of carbonyl (C=O) groups is 2. The molecule has 0 spiro atoms. The van der Waals surface area contributed by atoms with Crippen LogP contribution in [0.5, 0.6) is 5.75 Å². The van der Waals surface area contributed by atoms with Crippen molar-refractivity contribution in [2.24, 2.45) is 5.92 Å². The van der Waals surface area contributed by atoms with Crippen molar-refractivity contribution in [1.29, 1.82) is 0 Å². The molecule has 1 heterocycles. The summed E-state index contributed by atoms with van der Waals surface area (Å²) >= 11 is 0. The third kappa shape index (κ3) is 6.71. The molecule has 1 saturated heterocycles. The van der Waals surface area contributed by atoms with Crippen molar-refractivity contribution in [2.75, 3.05) is 26.7 Å². The number of nitrogens with one attached hydrogen (secondary N) is 1. The number of rotatable bonds is 12. The molecule has 0 unspecified atom stereocenters. The Labute approximate surface area is 239 Å². The molecule has 2 aliphatic carbocycles. The van der Waals surface area contributed by atoms with Gasteiger partial charge in [0.25, 0.3) is 0 Å². The molecule has 1 amide bonds. The fourth-order valence-corrected chi connectivity index (χ4v) is 7.29. The molecular formula is C34H46N2O4. The average molecular weight is 547 g/mol. The lowest BCUT2D eigenvalue weighted by atomic mass is 9.55. The van der Waals surface area contributed by atoms with E-state index in [1.54, 1.807) is 7.11 Å². The largest absolute Gasteiger partial charge is 0.497 e. The number of hydrogen-bond donors (Lipinski definition) is 1. The first kappa shape index (κ1) is 28.7. The fourth-order valence-electron chi connectivity index (χ4n) is 7.29. The van der Waals surface area contributed by atoms with Gasteiger partial charge < -0.3 is 14.8 Å². The third-order valence-corrected chi connectivity index (χ3v) is 9.45. The van der Waals surface area contributed by atoms with Crippen LogP contribution in [-0.2, 0) is 26.2 Å². The predicted molar refractivity (Wildman–Crippen MR) is 157 cm³/mol. The number of hydrogen-bond acceptors (Lipinski definition) is 5. The number of unbranched alkanes of at least 4 members (excludes halogenated alkanes) is 2. The summed E-state index contributed by atoms with van der Waals surface area (Å²) in [5.41, 5.74) is 1.52. The van der Waals surface area contributed by atoms with E-state index in [0.717, 1.165) is 88.2 Å². The lowest BCUT2D eigenvalue weighted by molar-refractivity contribution is -0.187. The Hall–Kier alpha value is -2.86. The van der Waals surface area contributed by atoms with E-state index in [0.29, 0.717) is 6.42 Å². The second kappa shape index (κ2) is 12.8. The van der Waals surface area contributed by atoms with Crippen molar-refractivity contribution in [3.63, 3.8) is 0 Å². The molecule has 216 valence electrons. The van der Waals surface area contributed by atoms with Gasteiger partial charge in [-0.15, -0.1) is 0 Å². The summed E-state index contributed by atoms with van der Waals surface area (Å²) < 4.78 is 12.0. The Bertz CT molecular complexity index is 1150. The van der Waals surface area contributed by atoms with Gasteiger partial charge in [-0.05, 0) is 93.5 Å². The molecule has 1 aliphatic heterocycles. The minimum absolute atomic E-state index is 0.0571. The van der Waals surface area contributed by atoms with Crippen LogP contribution in [0.1, 0.15) is 82.3 Å². The highest BCUT2D eigenvalue weighted by molar-refractivity contribution is 5.76. The molecule has 0 aromatic heterocycles. The van der Waals surface area contributed by atoms with E-state index in [-0.39, 0.29) is 23.3 Å². The zero-order chi connectivity index (χ0) is 28.0. The maximum Gasteiger partial charge on any atom is 0.303 e. The van der Waals surface area contributed by atoms with Gasteiger partial charge in [0.15, 0.2) is 0 Å². The van der Waals surface area contributed by atoms with E-state index in [1.807, 2.05) is 18.2 Å². The highest BCUT2D eigenvalue weighted by Crippen LogP contribution is 2.54. The summed E-state index contributed by atoms with van der Waals surface area (Å²) in [6, 6.07) is 18.9. The van der Waals surface area contributed by atoms with Gasteiger partial charge in [0.05, 0.1) is 7.11 Å². The summed E-state index contributed by atoms with van der Waals surface area (Å²) in [5, 5.41) is 3.38. The molecule has 1 N–H and O–H groups in total. The lowest BCUT2D eigenvalue weighted by Crippen LogP contribution is -2.68. The lowest BCUT2D eigenvalue weighted by Gasteiger charge is -2.59. The van der Waals surface area contributed by atoms with Crippen molar-refractivity contribution < 1.29 is 19.1 Å². The first-order valence-electron chi connectivity index (χ1n) is 15.3. The topological polar surface area (TPSA) is 67.9 Å². The second-order valence-electron chi connectivity index (χ2n) is 12.4. The Morgan fingerprint density at radius 2 is 1.82 bits per heavy atom. The number of esters is 1. The van der Waals surface area contributed by atoms with Crippen LogP contribution in [0.3, 0.4) is 0 Å². The standard InChI is InChI=1S/C34H46N2O4/c1-26(37)40-34-19-18-30(35-32(38)15-8-4-7-12-27-10-5-3-6-11-27)23-33(34,29-13-9-14-31(22-29)39-2)20-21-36(25-34)24-28-16-17-28/h3,5-6,9-11,13-14,22,28,30H,4,7-8,12,15-21,23-25H2,1-2H3,(H,35,38)/t30-,33-,34-/m0/s1. The normalized spacial score (nSPS) is 26.5. The monoisotopic (exact) mass is 546 g/mol. The quantitative estimate of drug-likeness (QED) is 0.268. The fraction of sp³-hybridized carbons (Fsp3) is 0.588. The summed E-state index contributed by atoms with van der Waals surface area (Å²) in [5.74, 6) is 1.50. The van der Waals surface area contributed by atoms with Gasteiger partial charge in [0, 0.05) is 37.9 Å². The molecule has 3 fully saturated rings. The zero-order valence-corrected chi connectivity index (χ0v) is 24.3. The number of benzene rings is 2. The maximum absolute atomic E-state index is 13.1. The molecule has 6 nitrogen and oxygen atoms in total. The van der Waals surface area contributed by atoms with Crippen molar-refractivity contribution in [1.82, 2.24) is 10.2 Å². The number of nitrogens with zero attached hydrogens (tertiary/aromatic N) is 1. The molecule has 3 atom stereocenters. The zero-order valence-electron chi connectivity index (χ0n) is 24.3. The summed E-state index contributed by atoms with van der Waals surface area (Å²) in [6.45, 7) is 4.35. The van der Waals surface area contributed by atoms with Gasteiger partial charge in [-0.2, -0.15) is 0 Å². The molecule has 2 aromatic carbocycles. The first-order chi connectivity index (χ1) is 19.4. The van der Waals surface area contributed by atoms with Gasteiger partial charge in [0.2, 0.25) is 5.91 Å². The highest BCUT2D eigenvalue weighted by atomic mass is 16.6. The van der Waals surface area contributed by atoms with E-state index in [1.165, 1.54) is 25.3 Å². The number of carbonyl (C=O) groups excluding carboxylic acids is 2. The van der Waals surface area contributed by atoms with Crippen molar-refractivity contribution in [2.45, 2.75) is 94.6 Å². The van der Waals surface area contributed by atoms with E-state index in [9.17, 15) is 9.59 Å². The Morgan fingerprint density at radius 3 is 2.58 bits per heavy atom. The van der Waals surface area contributed by atoms with Crippen molar-refractivity contribution in [3.05, 3.63) is 65.7 Å². The number of methoxy groups -OCH3 is 1.